The lowest BCUT2D eigenvalue weighted by Crippen LogP contribution is -2.08. The number of benzene rings is 1. The van der Waals surface area contributed by atoms with Gasteiger partial charge in [-0.25, -0.2) is 4.98 Å². The molecule has 1 aromatic carbocycles. The topological polar surface area (TPSA) is 55.0 Å². The van der Waals surface area contributed by atoms with Gasteiger partial charge in [0, 0.05) is 38.1 Å². The van der Waals surface area contributed by atoms with Gasteiger partial charge in [0.05, 0.1) is 17.6 Å². The van der Waals surface area contributed by atoms with Gasteiger partial charge >= 0.3 is 0 Å². The van der Waals surface area contributed by atoms with Crippen molar-refractivity contribution >= 4 is 5.69 Å². The van der Waals surface area contributed by atoms with Crippen LogP contribution in [0.2, 0.25) is 0 Å². The van der Waals surface area contributed by atoms with E-state index in [9.17, 15) is 0 Å². The average Bonchev–Trinajstić information content (AvgIpc) is 2.39. The van der Waals surface area contributed by atoms with Crippen molar-refractivity contribution in [2.75, 3.05) is 19.0 Å². The fourth-order valence-electron chi connectivity index (χ4n) is 1.57. The molecule has 2 aromatic rings. The number of nitrogens with zero attached hydrogens (tertiary/aromatic N) is 3. The molecule has 1 heterocycles. The smallest absolute Gasteiger partial charge is 0.0889 e. The number of nitrogens with two attached hydrogens (primary N) is 1. The van der Waals surface area contributed by atoms with Gasteiger partial charge in [0.25, 0.3) is 0 Å². The molecule has 0 unspecified atom stereocenters. The highest BCUT2D eigenvalue weighted by molar-refractivity contribution is 5.62. The summed E-state index contributed by atoms with van der Waals surface area (Å²) in [5.41, 5.74) is 9.43. The van der Waals surface area contributed by atoms with E-state index in [4.69, 9.17) is 5.73 Å². The Balaban J connectivity index is 2.32. The van der Waals surface area contributed by atoms with Crippen LogP contribution in [-0.2, 0) is 6.54 Å². The Morgan fingerprint density at radius 2 is 1.82 bits per heavy atom. The van der Waals surface area contributed by atoms with Crippen LogP contribution in [0.5, 0.6) is 0 Å². The van der Waals surface area contributed by atoms with Gasteiger partial charge in [0.2, 0.25) is 0 Å². The fourth-order valence-corrected chi connectivity index (χ4v) is 1.57. The van der Waals surface area contributed by atoms with E-state index in [1.54, 1.807) is 12.4 Å². The molecule has 2 N–H and O–H groups in total. The van der Waals surface area contributed by atoms with Crippen LogP contribution >= 0.6 is 0 Å². The molecule has 0 aliphatic heterocycles. The van der Waals surface area contributed by atoms with Crippen LogP contribution in [0.4, 0.5) is 5.69 Å². The van der Waals surface area contributed by atoms with Gasteiger partial charge in [0.1, 0.15) is 0 Å². The third-order valence-electron chi connectivity index (χ3n) is 2.57. The molecule has 0 aliphatic carbocycles. The molecule has 0 bridgehead atoms. The number of hydrogen-bond donors (Lipinski definition) is 1. The molecule has 0 amide bonds. The SMILES string of the molecule is CN(C)c1ccc(-c2cncc(CN)n2)cc1. The normalized spacial score (nSPS) is 10.3. The van der Waals surface area contributed by atoms with Gasteiger partial charge < -0.3 is 10.6 Å². The molecule has 2 rings (SSSR count). The molecule has 0 fully saturated rings. The van der Waals surface area contributed by atoms with Crippen LogP contribution in [0.25, 0.3) is 11.3 Å². The minimum Gasteiger partial charge on any atom is -0.378 e. The van der Waals surface area contributed by atoms with Crippen molar-refractivity contribution in [2.45, 2.75) is 6.54 Å². The number of anilines is 1. The predicted molar refractivity (Wildman–Crippen MR) is 69.7 cm³/mol. The lowest BCUT2D eigenvalue weighted by molar-refractivity contribution is 0.967. The minimum absolute atomic E-state index is 0.413. The van der Waals surface area contributed by atoms with Crippen LogP contribution in [-0.4, -0.2) is 24.1 Å². The summed E-state index contributed by atoms with van der Waals surface area (Å²) in [7, 11) is 4.04. The Kier molecular flexibility index (Phi) is 3.35. The van der Waals surface area contributed by atoms with Gasteiger partial charge in [-0.15, -0.1) is 0 Å². The van der Waals surface area contributed by atoms with Crippen molar-refractivity contribution in [1.29, 1.82) is 0 Å². The molecule has 0 saturated carbocycles. The molecule has 4 nitrogen and oxygen atoms in total. The number of aromatic nitrogens is 2. The summed E-state index contributed by atoms with van der Waals surface area (Å²) in [6.45, 7) is 0.413. The molecule has 0 atom stereocenters. The second-order valence-corrected chi connectivity index (χ2v) is 4.04. The van der Waals surface area contributed by atoms with Gasteiger partial charge in [-0.05, 0) is 12.1 Å². The summed E-state index contributed by atoms with van der Waals surface area (Å²) in [5, 5.41) is 0. The summed E-state index contributed by atoms with van der Waals surface area (Å²) in [4.78, 5) is 10.6. The van der Waals surface area contributed by atoms with Crippen molar-refractivity contribution in [3.05, 3.63) is 42.4 Å². The molecule has 0 saturated heterocycles. The minimum atomic E-state index is 0.413. The Morgan fingerprint density at radius 1 is 1.12 bits per heavy atom. The molecule has 0 spiro atoms. The van der Waals surface area contributed by atoms with E-state index >= 15 is 0 Å². The standard InChI is InChI=1S/C13H16N4/c1-17(2)12-5-3-10(4-6-12)13-9-15-8-11(7-14)16-13/h3-6,8-9H,7,14H2,1-2H3. The maximum Gasteiger partial charge on any atom is 0.0889 e. The maximum atomic E-state index is 5.55. The Morgan fingerprint density at radius 3 is 2.41 bits per heavy atom. The summed E-state index contributed by atoms with van der Waals surface area (Å²) >= 11 is 0. The van der Waals surface area contributed by atoms with Crippen molar-refractivity contribution in [3.63, 3.8) is 0 Å². The Bertz CT molecular complexity index is 491. The van der Waals surface area contributed by atoms with Crippen molar-refractivity contribution in [3.8, 4) is 11.3 Å². The van der Waals surface area contributed by atoms with E-state index in [1.165, 1.54) is 0 Å². The summed E-state index contributed by atoms with van der Waals surface area (Å²) in [5.74, 6) is 0. The van der Waals surface area contributed by atoms with E-state index in [0.29, 0.717) is 6.54 Å². The quantitative estimate of drug-likeness (QED) is 0.868. The zero-order chi connectivity index (χ0) is 12.3. The Labute approximate surface area is 101 Å². The first-order valence-corrected chi connectivity index (χ1v) is 5.49. The van der Waals surface area contributed by atoms with Crippen LogP contribution in [0, 0.1) is 0 Å². The van der Waals surface area contributed by atoms with E-state index in [-0.39, 0.29) is 0 Å². The monoisotopic (exact) mass is 228 g/mol. The van der Waals surface area contributed by atoms with Crippen molar-refractivity contribution in [1.82, 2.24) is 9.97 Å². The van der Waals surface area contributed by atoms with Crippen molar-refractivity contribution in [2.24, 2.45) is 5.73 Å². The number of hydrogen-bond acceptors (Lipinski definition) is 4. The van der Waals surface area contributed by atoms with Crippen molar-refractivity contribution < 1.29 is 0 Å². The zero-order valence-corrected chi connectivity index (χ0v) is 10.1. The molecule has 88 valence electrons. The molecule has 17 heavy (non-hydrogen) atoms. The Hall–Kier alpha value is -1.94. The third kappa shape index (κ3) is 2.60. The molecule has 4 heteroatoms. The van der Waals surface area contributed by atoms with E-state index < -0.39 is 0 Å². The van der Waals surface area contributed by atoms with Gasteiger partial charge in [-0.3, -0.25) is 4.98 Å². The van der Waals surface area contributed by atoms with Gasteiger partial charge in [-0.2, -0.15) is 0 Å². The second kappa shape index (κ2) is 4.93. The molecular formula is C13H16N4. The molecule has 1 aromatic heterocycles. The van der Waals surface area contributed by atoms with Crippen LogP contribution < -0.4 is 10.6 Å². The van der Waals surface area contributed by atoms with Crippen LogP contribution in [0.3, 0.4) is 0 Å². The fraction of sp³-hybridized carbons (Fsp3) is 0.231. The van der Waals surface area contributed by atoms with Crippen LogP contribution in [0.1, 0.15) is 5.69 Å². The summed E-state index contributed by atoms with van der Waals surface area (Å²) in [6, 6.07) is 8.21. The molecule has 0 aliphatic rings. The molecular weight excluding hydrogens is 212 g/mol. The highest BCUT2D eigenvalue weighted by atomic mass is 15.1. The highest BCUT2D eigenvalue weighted by Crippen LogP contribution is 2.20. The first-order valence-electron chi connectivity index (χ1n) is 5.49. The van der Waals surface area contributed by atoms with E-state index in [0.717, 1.165) is 22.6 Å². The second-order valence-electron chi connectivity index (χ2n) is 4.04. The largest absolute Gasteiger partial charge is 0.378 e. The first kappa shape index (κ1) is 11.5. The summed E-state index contributed by atoms with van der Waals surface area (Å²) < 4.78 is 0. The average molecular weight is 228 g/mol. The summed E-state index contributed by atoms with van der Waals surface area (Å²) in [6.07, 6.45) is 3.45. The lowest BCUT2D eigenvalue weighted by atomic mass is 10.1. The third-order valence-corrected chi connectivity index (χ3v) is 2.57. The van der Waals surface area contributed by atoms with Gasteiger partial charge in [-0.1, -0.05) is 12.1 Å². The first-order chi connectivity index (χ1) is 8.20. The highest BCUT2D eigenvalue weighted by Gasteiger charge is 2.02. The zero-order valence-electron chi connectivity index (χ0n) is 10.1. The predicted octanol–water partition coefficient (Wildman–Crippen LogP) is 1.67. The van der Waals surface area contributed by atoms with Gasteiger partial charge in [0.15, 0.2) is 0 Å². The molecule has 0 radical (unpaired) electrons. The maximum absolute atomic E-state index is 5.55. The lowest BCUT2D eigenvalue weighted by Gasteiger charge is -2.12. The van der Waals surface area contributed by atoms with Crippen LogP contribution in [0.15, 0.2) is 36.7 Å². The van der Waals surface area contributed by atoms with E-state index in [2.05, 4.69) is 27.0 Å². The van der Waals surface area contributed by atoms with E-state index in [1.807, 2.05) is 26.2 Å². The number of rotatable bonds is 3.